The second kappa shape index (κ2) is 8.84. The molecule has 1 aliphatic heterocycles. The third-order valence-corrected chi connectivity index (χ3v) is 6.23. The van der Waals surface area contributed by atoms with E-state index in [0.717, 1.165) is 33.7 Å². The minimum atomic E-state index is -2.68. The standard InChI is InChI=1S/C24H26F3N3O2/c1-14-18(6-7-20(31)29-19-10-13-28-23(19)32)22(15-2-4-17(25)5-3-15)30-21(14)16-8-11-24(26,27)12-9-16/h2-5,8,19,30H,6-7,9-13H2,1H3,(H,28,32)(H,29,31). The zero-order valence-corrected chi connectivity index (χ0v) is 17.9. The van der Waals surface area contributed by atoms with Crippen LogP contribution in [-0.2, 0) is 16.0 Å². The SMILES string of the molecule is Cc1c(C2=CCC(F)(F)CC2)[nH]c(-c2ccc(F)cc2)c1CCC(=O)NC1CCNC1=O. The Balaban J connectivity index is 1.60. The molecule has 2 aliphatic rings. The number of allylic oxidation sites excluding steroid dienone is 2. The van der Waals surface area contributed by atoms with Crippen LogP contribution >= 0.6 is 0 Å². The lowest BCUT2D eigenvalue weighted by Gasteiger charge is -2.21. The van der Waals surface area contributed by atoms with Crippen LogP contribution in [0.2, 0.25) is 0 Å². The van der Waals surface area contributed by atoms with Crippen molar-refractivity contribution in [1.29, 1.82) is 0 Å². The first kappa shape index (κ1) is 22.2. The van der Waals surface area contributed by atoms with Crippen molar-refractivity contribution in [3.8, 4) is 11.3 Å². The van der Waals surface area contributed by atoms with Crippen LogP contribution in [0, 0.1) is 12.7 Å². The molecule has 170 valence electrons. The molecule has 0 radical (unpaired) electrons. The van der Waals surface area contributed by atoms with E-state index in [4.69, 9.17) is 0 Å². The van der Waals surface area contributed by atoms with Crippen LogP contribution in [0.5, 0.6) is 0 Å². The lowest BCUT2D eigenvalue weighted by Crippen LogP contribution is -2.40. The van der Waals surface area contributed by atoms with Gasteiger partial charge in [-0.25, -0.2) is 13.2 Å². The minimum Gasteiger partial charge on any atom is -0.354 e. The van der Waals surface area contributed by atoms with E-state index >= 15 is 0 Å². The Hall–Kier alpha value is -3.03. The second-order valence-corrected chi connectivity index (χ2v) is 8.47. The van der Waals surface area contributed by atoms with Crippen molar-refractivity contribution in [3.63, 3.8) is 0 Å². The summed E-state index contributed by atoms with van der Waals surface area (Å²) >= 11 is 0. The molecule has 2 amide bonds. The summed E-state index contributed by atoms with van der Waals surface area (Å²) < 4.78 is 40.7. The van der Waals surface area contributed by atoms with Crippen LogP contribution in [0.3, 0.4) is 0 Å². The van der Waals surface area contributed by atoms with Crippen molar-refractivity contribution >= 4 is 17.4 Å². The van der Waals surface area contributed by atoms with E-state index in [1.54, 1.807) is 18.2 Å². The fourth-order valence-electron chi connectivity index (χ4n) is 4.39. The predicted octanol–water partition coefficient (Wildman–Crippen LogP) is 4.27. The van der Waals surface area contributed by atoms with Gasteiger partial charge in [0.1, 0.15) is 11.9 Å². The van der Waals surface area contributed by atoms with Gasteiger partial charge in [0.25, 0.3) is 5.92 Å². The molecule has 1 unspecified atom stereocenters. The number of aromatic amines is 1. The molecule has 1 aromatic heterocycles. The van der Waals surface area contributed by atoms with Crippen molar-refractivity contribution in [1.82, 2.24) is 15.6 Å². The average Bonchev–Trinajstić information content (AvgIpc) is 3.30. The predicted molar refractivity (Wildman–Crippen MR) is 116 cm³/mol. The van der Waals surface area contributed by atoms with Gasteiger partial charge in [0.05, 0.1) is 0 Å². The third kappa shape index (κ3) is 4.74. The quantitative estimate of drug-likeness (QED) is 0.621. The fraction of sp³-hybridized carbons (Fsp3) is 0.417. The van der Waals surface area contributed by atoms with Gasteiger partial charge in [-0.05, 0) is 72.7 Å². The summed E-state index contributed by atoms with van der Waals surface area (Å²) in [6.07, 6.45) is 2.47. The van der Waals surface area contributed by atoms with Crippen molar-refractivity contribution in [2.24, 2.45) is 0 Å². The smallest absolute Gasteiger partial charge is 0.251 e. The molecule has 0 saturated carbocycles. The maximum atomic E-state index is 13.6. The Morgan fingerprint density at radius 2 is 1.97 bits per heavy atom. The van der Waals surface area contributed by atoms with Gasteiger partial charge in [0.15, 0.2) is 0 Å². The number of hydrogen-bond donors (Lipinski definition) is 3. The summed E-state index contributed by atoms with van der Waals surface area (Å²) in [5.41, 5.74) is 4.90. The highest BCUT2D eigenvalue weighted by molar-refractivity contribution is 5.89. The minimum absolute atomic E-state index is 0.174. The molecule has 1 atom stereocenters. The largest absolute Gasteiger partial charge is 0.354 e. The first-order valence-corrected chi connectivity index (χ1v) is 10.9. The summed E-state index contributed by atoms with van der Waals surface area (Å²) in [7, 11) is 0. The van der Waals surface area contributed by atoms with Gasteiger partial charge >= 0.3 is 0 Å². The zero-order chi connectivity index (χ0) is 22.9. The summed E-state index contributed by atoms with van der Waals surface area (Å²) in [6.45, 7) is 2.46. The molecule has 1 fully saturated rings. The van der Waals surface area contributed by atoms with Crippen molar-refractivity contribution in [2.75, 3.05) is 6.54 Å². The van der Waals surface area contributed by atoms with Crippen LogP contribution in [-0.4, -0.2) is 35.3 Å². The number of rotatable bonds is 6. The monoisotopic (exact) mass is 445 g/mol. The molecule has 1 saturated heterocycles. The number of benzene rings is 1. The molecule has 2 heterocycles. The maximum absolute atomic E-state index is 13.6. The highest BCUT2D eigenvalue weighted by Crippen LogP contribution is 2.39. The van der Waals surface area contributed by atoms with E-state index in [9.17, 15) is 22.8 Å². The zero-order valence-electron chi connectivity index (χ0n) is 17.9. The molecular weight excluding hydrogens is 419 g/mol. The molecule has 8 heteroatoms. The van der Waals surface area contributed by atoms with Crippen LogP contribution < -0.4 is 10.6 Å². The summed E-state index contributed by atoms with van der Waals surface area (Å²) in [5.74, 6) is -3.44. The van der Waals surface area contributed by atoms with E-state index in [0.29, 0.717) is 19.4 Å². The number of carbonyl (C=O) groups excluding carboxylic acids is 2. The highest BCUT2D eigenvalue weighted by atomic mass is 19.3. The first-order valence-electron chi connectivity index (χ1n) is 10.9. The van der Waals surface area contributed by atoms with Crippen molar-refractivity contribution in [3.05, 3.63) is 53.0 Å². The van der Waals surface area contributed by atoms with E-state index in [1.807, 2.05) is 6.92 Å². The Morgan fingerprint density at radius 1 is 1.22 bits per heavy atom. The number of amides is 2. The van der Waals surface area contributed by atoms with Gasteiger partial charge in [0.2, 0.25) is 11.8 Å². The topological polar surface area (TPSA) is 74.0 Å². The summed E-state index contributed by atoms with van der Waals surface area (Å²) in [4.78, 5) is 27.5. The molecule has 4 rings (SSSR count). The van der Waals surface area contributed by atoms with Crippen molar-refractivity contribution < 1.29 is 22.8 Å². The number of alkyl halides is 2. The summed E-state index contributed by atoms with van der Waals surface area (Å²) in [6, 6.07) is 5.53. The fourth-order valence-corrected chi connectivity index (χ4v) is 4.39. The Kier molecular flexibility index (Phi) is 6.13. The van der Waals surface area contributed by atoms with E-state index in [2.05, 4.69) is 15.6 Å². The Labute approximate surface area is 184 Å². The van der Waals surface area contributed by atoms with E-state index < -0.39 is 12.0 Å². The Bertz CT molecular complexity index is 1060. The Morgan fingerprint density at radius 3 is 2.59 bits per heavy atom. The number of carbonyl (C=O) groups is 2. The number of hydrogen-bond acceptors (Lipinski definition) is 2. The highest BCUT2D eigenvalue weighted by Gasteiger charge is 2.32. The molecule has 1 aromatic carbocycles. The maximum Gasteiger partial charge on any atom is 0.251 e. The lowest BCUT2D eigenvalue weighted by molar-refractivity contribution is -0.127. The lowest BCUT2D eigenvalue weighted by atomic mass is 9.92. The van der Waals surface area contributed by atoms with Gasteiger partial charge in [0, 0.05) is 37.2 Å². The summed E-state index contributed by atoms with van der Waals surface area (Å²) in [5, 5.41) is 5.45. The van der Waals surface area contributed by atoms with Gasteiger partial charge < -0.3 is 15.6 Å². The number of nitrogens with one attached hydrogen (secondary N) is 3. The first-order chi connectivity index (χ1) is 15.2. The van der Waals surface area contributed by atoms with Crippen LogP contribution in [0.1, 0.15) is 48.9 Å². The van der Waals surface area contributed by atoms with Crippen molar-refractivity contribution in [2.45, 2.75) is 57.4 Å². The molecule has 0 bridgehead atoms. The molecule has 32 heavy (non-hydrogen) atoms. The number of aromatic nitrogens is 1. The van der Waals surface area contributed by atoms with Gasteiger partial charge in [-0.3, -0.25) is 9.59 Å². The molecule has 1 aliphatic carbocycles. The molecule has 5 nitrogen and oxygen atoms in total. The van der Waals surface area contributed by atoms with E-state index in [-0.39, 0.29) is 43.3 Å². The van der Waals surface area contributed by atoms with Crippen LogP contribution in [0.4, 0.5) is 13.2 Å². The number of halogens is 3. The van der Waals surface area contributed by atoms with Gasteiger partial charge in [-0.2, -0.15) is 0 Å². The van der Waals surface area contributed by atoms with Crippen LogP contribution in [0.25, 0.3) is 16.8 Å². The van der Waals surface area contributed by atoms with E-state index in [1.165, 1.54) is 12.1 Å². The average molecular weight is 445 g/mol. The van der Waals surface area contributed by atoms with Gasteiger partial charge in [-0.15, -0.1) is 0 Å². The van der Waals surface area contributed by atoms with Crippen LogP contribution in [0.15, 0.2) is 30.3 Å². The number of H-pyrrole nitrogens is 1. The third-order valence-electron chi connectivity index (χ3n) is 6.23. The molecule has 2 aromatic rings. The molecule has 3 N–H and O–H groups in total. The second-order valence-electron chi connectivity index (χ2n) is 8.47. The van der Waals surface area contributed by atoms with Gasteiger partial charge in [-0.1, -0.05) is 6.08 Å². The molecule has 0 spiro atoms. The molecular formula is C24H26F3N3O2. The normalized spacial score (nSPS) is 20.1.